The van der Waals surface area contributed by atoms with Crippen LogP contribution in [0.4, 0.5) is 0 Å². The standard InChI is InChI=1S/C10H12BrNO4/c1-10(2,9(14)15-3)12-8(13)7-6(11)4-5-16-7/h4-5H,1-3H3,(H,12,13). The smallest absolute Gasteiger partial charge is 0.330 e. The van der Waals surface area contributed by atoms with Crippen molar-refractivity contribution in [2.45, 2.75) is 19.4 Å². The minimum atomic E-state index is -1.10. The van der Waals surface area contributed by atoms with Gasteiger partial charge in [0.1, 0.15) is 5.54 Å². The van der Waals surface area contributed by atoms with Crippen molar-refractivity contribution in [3.05, 3.63) is 22.6 Å². The molecule has 0 fully saturated rings. The van der Waals surface area contributed by atoms with E-state index in [1.54, 1.807) is 19.9 Å². The largest absolute Gasteiger partial charge is 0.467 e. The molecular formula is C10H12BrNO4. The van der Waals surface area contributed by atoms with Gasteiger partial charge in [-0.2, -0.15) is 0 Å². The van der Waals surface area contributed by atoms with E-state index in [2.05, 4.69) is 26.0 Å². The number of hydrogen-bond acceptors (Lipinski definition) is 4. The van der Waals surface area contributed by atoms with Gasteiger partial charge in [-0.3, -0.25) is 4.79 Å². The van der Waals surface area contributed by atoms with Crippen LogP contribution < -0.4 is 5.32 Å². The van der Waals surface area contributed by atoms with E-state index >= 15 is 0 Å². The third kappa shape index (κ3) is 2.63. The number of nitrogens with one attached hydrogen (secondary N) is 1. The molecular weight excluding hydrogens is 278 g/mol. The van der Waals surface area contributed by atoms with Crippen molar-refractivity contribution in [2.24, 2.45) is 0 Å². The second-order valence-electron chi connectivity index (χ2n) is 3.67. The van der Waals surface area contributed by atoms with Crippen molar-refractivity contribution in [1.29, 1.82) is 0 Å². The van der Waals surface area contributed by atoms with Gasteiger partial charge in [-0.25, -0.2) is 4.79 Å². The molecule has 0 saturated carbocycles. The minimum Gasteiger partial charge on any atom is -0.467 e. The summed E-state index contributed by atoms with van der Waals surface area (Å²) in [6.07, 6.45) is 1.38. The topological polar surface area (TPSA) is 68.5 Å². The van der Waals surface area contributed by atoms with Crippen LogP contribution in [0.15, 0.2) is 21.2 Å². The zero-order valence-corrected chi connectivity index (χ0v) is 10.8. The van der Waals surface area contributed by atoms with Crippen molar-refractivity contribution in [1.82, 2.24) is 5.32 Å². The summed E-state index contributed by atoms with van der Waals surface area (Å²) >= 11 is 3.16. The van der Waals surface area contributed by atoms with Gasteiger partial charge >= 0.3 is 5.97 Å². The number of furan rings is 1. The molecule has 1 amide bonds. The van der Waals surface area contributed by atoms with Crippen LogP contribution in [-0.2, 0) is 9.53 Å². The highest BCUT2D eigenvalue weighted by atomic mass is 79.9. The molecule has 1 rings (SSSR count). The zero-order chi connectivity index (χ0) is 12.3. The highest BCUT2D eigenvalue weighted by Crippen LogP contribution is 2.18. The molecule has 0 aliphatic heterocycles. The molecule has 1 aromatic rings. The SMILES string of the molecule is COC(=O)C(C)(C)NC(=O)c1occc1Br. The number of methoxy groups -OCH3 is 1. The van der Waals surface area contributed by atoms with Gasteiger partial charge in [-0.15, -0.1) is 0 Å². The molecule has 0 spiro atoms. The van der Waals surface area contributed by atoms with E-state index in [1.165, 1.54) is 13.4 Å². The second kappa shape index (κ2) is 4.69. The number of rotatable bonds is 3. The van der Waals surface area contributed by atoms with Crippen LogP contribution >= 0.6 is 15.9 Å². The lowest BCUT2D eigenvalue weighted by atomic mass is 10.1. The van der Waals surface area contributed by atoms with E-state index in [0.29, 0.717) is 4.47 Å². The lowest BCUT2D eigenvalue weighted by Crippen LogP contribution is -2.50. The van der Waals surface area contributed by atoms with Crippen molar-refractivity contribution in [3.63, 3.8) is 0 Å². The molecule has 6 heteroatoms. The Morgan fingerprint density at radius 3 is 2.56 bits per heavy atom. The molecule has 0 aliphatic rings. The molecule has 1 N–H and O–H groups in total. The lowest BCUT2D eigenvalue weighted by molar-refractivity contribution is -0.146. The van der Waals surface area contributed by atoms with Gasteiger partial charge in [-0.05, 0) is 35.8 Å². The third-order valence-electron chi connectivity index (χ3n) is 1.95. The normalized spacial score (nSPS) is 11.0. The van der Waals surface area contributed by atoms with E-state index in [1.807, 2.05) is 0 Å². The summed E-state index contributed by atoms with van der Waals surface area (Å²) in [4.78, 5) is 23.1. The highest BCUT2D eigenvalue weighted by Gasteiger charge is 2.32. The van der Waals surface area contributed by atoms with E-state index < -0.39 is 17.4 Å². The maximum atomic E-state index is 11.7. The molecule has 0 saturated heterocycles. The lowest BCUT2D eigenvalue weighted by Gasteiger charge is -2.22. The first-order valence-electron chi connectivity index (χ1n) is 4.52. The average molecular weight is 290 g/mol. The molecule has 1 aromatic heterocycles. The van der Waals surface area contributed by atoms with Gasteiger partial charge in [0, 0.05) is 0 Å². The number of carbonyl (C=O) groups excluding carboxylic acids is 2. The summed E-state index contributed by atoms with van der Waals surface area (Å²) in [7, 11) is 1.26. The van der Waals surface area contributed by atoms with Crippen LogP contribution in [0, 0.1) is 0 Å². The Morgan fingerprint density at radius 1 is 1.50 bits per heavy atom. The predicted molar refractivity (Wildman–Crippen MR) is 60.0 cm³/mol. The number of carbonyl (C=O) groups is 2. The number of amides is 1. The zero-order valence-electron chi connectivity index (χ0n) is 9.17. The van der Waals surface area contributed by atoms with E-state index in [9.17, 15) is 9.59 Å². The molecule has 0 bridgehead atoms. The summed E-state index contributed by atoms with van der Waals surface area (Å²) < 4.78 is 10.1. The summed E-state index contributed by atoms with van der Waals surface area (Å²) in [5.41, 5.74) is -1.10. The van der Waals surface area contributed by atoms with Crippen LogP contribution in [0.5, 0.6) is 0 Å². The Bertz CT molecular complexity index is 411. The van der Waals surface area contributed by atoms with Crippen molar-refractivity contribution < 1.29 is 18.7 Å². The van der Waals surface area contributed by atoms with Gasteiger partial charge in [0.15, 0.2) is 0 Å². The Labute approximate surface area is 101 Å². The second-order valence-corrected chi connectivity index (χ2v) is 4.52. The first kappa shape index (κ1) is 12.8. The van der Waals surface area contributed by atoms with Crippen LogP contribution in [0.3, 0.4) is 0 Å². The van der Waals surface area contributed by atoms with Gasteiger partial charge in [0.05, 0.1) is 17.8 Å². The fraction of sp³-hybridized carbons (Fsp3) is 0.400. The molecule has 16 heavy (non-hydrogen) atoms. The Morgan fingerprint density at radius 2 is 2.12 bits per heavy atom. The van der Waals surface area contributed by atoms with Crippen LogP contribution in [0.2, 0.25) is 0 Å². The first-order chi connectivity index (χ1) is 7.38. The molecule has 0 atom stereocenters. The molecule has 0 radical (unpaired) electrons. The predicted octanol–water partition coefficient (Wildman–Crippen LogP) is 1.72. The van der Waals surface area contributed by atoms with Crippen LogP contribution in [0.1, 0.15) is 24.4 Å². The van der Waals surface area contributed by atoms with Crippen molar-refractivity contribution in [3.8, 4) is 0 Å². The molecule has 1 heterocycles. The summed E-state index contributed by atoms with van der Waals surface area (Å²) in [6.45, 7) is 3.10. The van der Waals surface area contributed by atoms with Crippen molar-refractivity contribution in [2.75, 3.05) is 7.11 Å². The molecule has 0 aromatic carbocycles. The van der Waals surface area contributed by atoms with Crippen molar-refractivity contribution >= 4 is 27.8 Å². The van der Waals surface area contributed by atoms with Gasteiger partial charge in [0.2, 0.25) is 5.76 Å². The first-order valence-corrected chi connectivity index (χ1v) is 5.31. The Kier molecular flexibility index (Phi) is 3.74. The fourth-order valence-electron chi connectivity index (χ4n) is 1.10. The molecule has 5 nitrogen and oxygen atoms in total. The van der Waals surface area contributed by atoms with E-state index in [-0.39, 0.29) is 5.76 Å². The molecule has 88 valence electrons. The molecule has 0 unspecified atom stereocenters. The van der Waals surface area contributed by atoms with E-state index in [4.69, 9.17) is 4.42 Å². The molecule has 0 aliphatic carbocycles. The van der Waals surface area contributed by atoms with Gasteiger partial charge in [-0.1, -0.05) is 0 Å². The number of hydrogen-bond donors (Lipinski definition) is 1. The summed E-state index contributed by atoms with van der Waals surface area (Å²) in [5, 5.41) is 2.51. The number of esters is 1. The monoisotopic (exact) mass is 289 g/mol. The Balaban J connectivity index is 2.79. The minimum absolute atomic E-state index is 0.122. The highest BCUT2D eigenvalue weighted by molar-refractivity contribution is 9.10. The van der Waals surface area contributed by atoms with E-state index in [0.717, 1.165) is 0 Å². The van der Waals surface area contributed by atoms with Gasteiger partial charge < -0.3 is 14.5 Å². The third-order valence-corrected chi connectivity index (χ3v) is 2.57. The van der Waals surface area contributed by atoms with Crippen LogP contribution in [-0.4, -0.2) is 24.5 Å². The summed E-state index contributed by atoms with van der Waals surface area (Å²) in [6, 6.07) is 1.60. The van der Waals surface area contributed by atoms with Gasteiger partial charge in [0.25, 0.3) is 5.91 Å². The fourth-order valence-corrected chi connectivity index (χ4v) is 1.48. The Hall–Kier alpha value is -1.30. The maximum absolute atomic E-state index is 11.7. The quantitative estimate of drug-likeness (QED) is 0.861. The number of ether oxygens (including phenoxy) is 1. The average Bonchev–Trinajstić information content (AvgIpc) is 2.62. The maximum Gasteiger partial charge on any atom is 0.330 e. The summed E-state index contributed by atoms with van der Waals surface area (Å²) in [5.74, 6) is -0.882. The van der Waals surface area contributed by atoms with Crippen LogP contribution in [0.25, 0.3) is 0 Å². The number of halogens is 1.